The lowest BCUT2D eigenvalue weighted by Gasteiger charge is -1.99. The molecule has 0 heterocycles. The summed E-state index contributed by atoms with van der Waals surface area (Å²) in [6.07, 6.45) is 1.19. The Morgan fingerprint density at radius 1 is 1.73 bits per heavy atom. The summed E-state index contributed by atoms with van der Waals surface area (Å²) in [5.74, 6) is 0.259. The number of hydrogen-bond acceptors (Lipinski definition) is 2. The molecule has 0 fully saturated rings. The zero-order chi connectivity index (χ0) is 8.69. The Hall–Kier alpha value is -1.45. The summed E-state index contributed by atoms with van der Waals surface area (Å²) < 4.78 is 0. The van der Waals surface area contributed by atoms with Crippen LogP contribution in [0.1, 0.15) is 0 Å². The molecule has 0 saturated heterocycles. The molecule has 0 rings (SSSR count). The van der Waals surface area contributed by atoms with Crippen LogP contribution in [0, 0.1) is 0 Å². The van der Waals surface area contributed by atoms with Crippen molar-refractivity contribution in [1.82, 2.24) is 5.32 Å². The van der Waals surface area contributed by atoms with E-state index in [1.54, 1.807) is 7.05 Å². The van der Waals surface area contributed by atoms with E-state index in [0.29, 0.717) is 12.4 Å². The number of nitrogens with zero attached hydrogens (tertiary/aromatic N) is 2. The second kappa shape index (κ2) is 5.34. The largest absolute Gasteiger partial charge is 0.345 e. The zero-order valence-electron chi connectivity index (χ0n) is 6.50. The van der Waals surface area contributed by atoms with Gasteiger partial charge in [-0.25, -0.2) is 4.99 Å². The first-order valence-electron chi connectivity index (χ1n) is 3.07. The number of carbonyl (C=O) groups is 1. The van der Waals surface area contributed by atoms with Gasteiger partial charge in [0.15, 0.2) is 0 Å². The summed E-state index contributed by atoms with van der Waals surface area (Å²) in [5, 5.41) is 2.51. The summed E-state index contributed by atoms with van der Waals surface area (Å²) in [6, 6.07) is 0. The van der Waals surface area contributed by atoms with Crippen LogP contribution in [0.15, 0.2) is 22.6 Å². The highest BCUT2D eigenvalue weighted by atomic mass is 16.1. The van der Waals surface area contributed by atoms with Gasteiger partial charge in [0, 0.05) is 7.05 Å². The minimum Gasteiger partial charge on any atom is -0.345 e. The van der Waals surface area contributed by atoms with Gasteiger partial charge in [0.1, 0.15) is 5.84 Å². The van der Waals surface area contributed by atoms with Crippen LogP contribution in [-0.2, 0) is 4.79 Å². The standard InChI is InChI=1S/C7H11N3O/c1-4-7(11)10-5-6(8-2)9-3/h4H,1-2,5H2,3H3,(H,10,11). The Morgan fingerprint density at radius 3 is 2.73 bits per heavy atom. The number of amidine groups is 1. The van der Waals surface area contributed by atoms with E-state index >= 15 is 0 Å². The van der Waals surface area contributed by atoms with Crippen LogP contribution in [0.3, 0.4) is 0 Å². The van der Waals surface area contributed by atoms with Crippen molar-refractivity contribution in [3.8, 4) is 0 Å². The third-order valence-corrected chi connectivity index (χ3v) is 1.05. The number of aliphatic imine (C=N–C) groups is 2. The van der Waals surface area contributed by atoms with Crippen LogP contribution in [0.2, 0.25) is 0 Å². The fourth-order valence-corrected chi connectivity index (χ4v) is 0.444. The molecule has 4 heteroatoms. The second-order valence-electron chi connectivity index (χ2n) is 1.72. The van der Waals surface area contributed by atoms with Crippen LogP contribution in [0.5, 0.6) is 0 Å². The van der Waals surface area contributed by atoms with E-state index in [1.165, 1.54) is 6.08 Å². The molecule has 11 heavy (non-hydrogen) atoms. The second-order valence-corrected chi connectivity index (χ2v) is 1.72. The average Bonchev–Trinajstić information content (AvgIpc) is 2.06. The van der Waals surface area contributed by atoms with Gasteiger partial charge in [0.2, 0.25) is 5.91 Å². The molecule has 0 aliphatic carbocycles. The average molecular weight is 153 g/mol. The van der Waals surface area contributed by atoms with E-state index in [9.17, 15) is 4.79 Å². The zero-order valence-corrected chi connectivity index (χ0v) is 6.50. The quantitative estimate of drug-likeness (QED) is 0.347. The molecule has 0 aliphatic heterocycles. The topological polar surface area (TPSA) is 53.8 Å². The van der Waals surface area contributed by atoms with Crippen LogP contribution < -0.4 is 5.32 Å². The Bertz CT molecular complexity index is 196. The predicted molar refractivity (Wildman–Crippen MR) is 46.1 cm³/mol. The summed E-state index contributed by atoms with van der Waals surface area (Å²) in [6.45, 7) is 6.87. The van der Waals surface area contributed by atoms with Gasteiger partial charge in [-0.2, -0.15) is 0 Å². The van der Waals surface area contributed by atoms with Crippen molar-refractivity contribution in [2.24, 2.45) is 9.98 Å². The highest BCUT2D eigenvalue weighted by Gasteiger charge is 1.95. The summed E-state index contributed by atoms with van der Waals surface area (Å²) >= 11 is 0. The van der Waals surface area contributed by atoms with E-state index in [0.717, 1.165) is 0 Å². The van der Waals surface area contributed by atoms with Crippen molar-refractivity contribution in [3.63, 3.8) is 0 Å². The Balaban J connectivity index is 3.77. The van der Waals surface area contributed by atoms with Crippen LogP contribution in [0.4, 0.5) is 0 Å². The summed E-state index contributed by atoms with van der Waals surface area (Å²) in [4.78, 5) is 17.9. The SMILES string of the molecule is C=CC(=O)NCC(N=C)=NC. The maximum Gasteiger partial charge on any atom is 0.243 e. The highest BCUT2D eigenvalue weighted by molar-refractivity contribution is 5.94. The lowest BCUT2D eigenvalue weighted by molar-refractivity contribution is -0.116. The molecule has 0 radical (unpaired) electrons. The molecule has 0 aromatic rings. The van der Waals surface area contributed by atoms with Gasteiger partial charge in [-0.1, -0.05) is 6.58 Å². The third-order valence-electron chi connectivity index (χ3n) is 1.05. The number of nitrogens with one attached hydrogen (secondary N) is 1. The van der Waals surface area contributed by atoms with Crippen molar-refractivity contribution >= 4 is 18.5 Å². The van der Waals surface area contributed by atoms with Crippen molar-refractivity contribution < 1.29 is 4.79 Å². The van der Waals surface area contributed by atoms with Crippen LogP contribution >= 0.6 is 0 Å². The summed E-state index contributed by atoms with van der Waals surface area (Å²) in [7, 11) is 1.59. The fourth-order valence-electron chi connectivity index (χ4n) is 0.444. The molecule has 0 bridgehead atoms. The maximum atomic E-state index is 10.6. The van der Waals surface area contributed by atoms with E-state index in [2.05, 4.69) is 28.6 Å². The molecule has 0 aromatic heterocycles. The first-order valence-corrected chi connectivity index (χ1v) is 3.07. The Kier molecular flexibility index (Phi) is 4.64. The van der Waals surface area contributed by atoms with Crippen molar-refractivity contribution in [2.45, 2.75) is 0 Å². The van der Waals surface area contributed by atoms with E-state index in [4.69, 9.17) is 0 Å². The highest BCUT2D eigenvalue weighted by Crippen LogP contribution is 1.75. The third kappa shape index (κ3) is 4.02. The number of carbonyl (C=O) groups excluding carboxylic acids is 1. The minimum absolute atomic E-state index is 0.241. The minimum atomic E-state index is -0.241. The molecule has 0 saturated carbocycles. The molecular weight excluding hydrogens is 142 g/mol. The Labute approximate surface area is 65.7 Å². The van der Waals surface area contributed by atoms with Crippen molar-refractivity contribution in [1.29, 1.82) is 0 Å². The number of amides is 1. The van der Waals surface area contributed by atoms with E-state index in [-0.39, 0.29) is 5.91 Å². The first-order chi connectivity index (χ1) is 5.24. The summed E-state index contributed by atoms with van der Waals surface area (Å²) in [5.41, 5.74) is 0. The lowest BCUT2D eigenvalue weighted by atomic mass is 10.5. The molecule has 0 aliphatic rings. The van der Waals surface area contributed by atoms with E-state index < -0.39 is 0 Å². The van der Waals surface area contributed by atoms with Crippen molar-refractivity contribution in [2.75, 3.05) is 13.6 Å². The maximum absolute atomic E-state index is 10.6. The number of rotatable bonds is 3. The monoisotopic (exact) mass is 153 g/mol. The fraction of sp³-hybridized carbons (Fsp3) is 0.286. The molecule has 0 aromatic carbocycles. The molecule has 0 unspecified atom stereocenters. The van der Waals surface area contributed by atoms with Gasteiger partial charge in [0.05, 0.1) is 6.54 Å². The first kappa shape index (κ1) is 9.55. The lowest BCUT2D eigenvalue weighted by Crippen LogP contribution is -2.26. The molecule has 1 N–H and O–H groups in total. The molecule has 1 amide bonds. The smallest absolute Gasteiger partial charge is 0.243 e. The molecule has 4 nitrogen and oxygen atoms in total. The van der Waals surface area contributed by atoms with Crippen molar-refractivity contribution in [3.05, 3.63) is 12.7 Å². The van der Waals surface area contributed by atoms with Gasteiger partial charge in [-0.05, 0) is 12.8 Å². The van der Waals surface area contributed by atoms with Crippen LogP contribution in [0.25, 0.3) is 0 Å². The van der Waals surface area contributed by atoms with Gasteiger partial charge >= 0.3 is 0 Å². The normalized spacial score (nSPS) is 10.5. The number of hydrogen-bond donors (Lipinski definition) is 1. The van der Waals surface area contributed by atoms with Gasteiger partial charge in [0.25, 0.3) is 0 Å². The van der Waals surface area contributed by atoms with Crippen LogP contribution in [-0.4, -0.2) is 32.1 Å². The van der Waals surface area contributed by atoms with E-state index in [1.807, 2.05) is 0 Å². The molecule has 0 spiro atoms. The van der Waals surface area contributed by atoms with Gasteiger partial charge in [-0.15, -0.1) is 0 Å². The molecule has 0 atom stereocenters. The van der Waals surface area contributed by atoms with Gasteiger partial charge in [-0.3, -0.25) is 9.79 Å². The predicted octanol–water partition coefficient (Wildman–Crippen LogP) is 0.0175. The molecular formula is C7H11N3O. The van der Waals surface area contributed by atoms with Gasteiger partial charge < -0.3 is 5.32 Å². The molecule has 60 valence electrons. The Morgan fingerprint density at radius 2 is 2.36 bits per heavy atom.